The van der Waals surface area contributed by atoms with E-state index in [9.17, 15) is 0 Å². The molecule has 0 aliphatic rings. The van der Waals surface area contributed by atoms with Gasteiger partial charge in [0.25, 0.3) is 0 Å². The summed E-state index contributed by atoms with van der Waals surface area (Å²) in [4.78, 5) is 4.58. The molecule has 2 rings (SSSR count). The number of anilines is 1. The van der Waals surface area contributed by atoms with Crippen molar-refractivity contribution in [3.05, 3.63) is 36.4 Å². The van der Waals surface area contributed by atoms with Gasteiger partial charge < -0.3 is 10.6 Å². The SMILES string of the molecule is CSC(C)CCNCCCNc1ccc2[c]cccc2n1. The molecule has 0 aliphatic heterocycles. The summed E-state index contributed by atoms with van der Waals surface area (Å²) in [7, 11) is 0. The van der Waals surface area contributed by atoms with E-state index in [0.717, 1.165) is 48.0 Å². The highest BCUT2D eigenvalue weighted by molar-refractivity contribution is 7.99. The van der Waals surface area contributed by atoms with Crippen molar-refractivity contribution in [3.8, 4) is 0 Å². The number of benzene rings is 1. The fourth-order valence-corrected chi connectivity index (χ4v) is 2.43. The second kappa shape index (κ2) is 8.90. The summed E-state index contributed by atoms with van der Waals surface area (Å²) in [5.41, 5.74) is 0.992. The van der Waals surface area contributed by atoms with E-state index in [1.54, 1.807) is 0 Å². The maximum Gasteiger partial charge on any atom is 0.126 e. The molecule has 0 bridgehead atoms. The number of pyridine rings is 1. The van der Waals surface area contributed by atoms with E-state index in [1.807, 2.05) is 36.0 Å². The zero-order valence-electron chi connectivity index (χ0n) is 12.9. The number of hydrogen-bond acceptors (Lipinski definition) is 4. The Morgan fingerprint density at radius 2 is 2.14 bits per heavy atom. The first kappa shape index (κ1) is 16.1. The largest absolute Gasteiger partial charge is 0.370 e. The number of nitrogens with zero attached hydrogens (tertiary/aromatic N) is 1. The average molecular weight is 302 g/mol. The number of rotatable bonds is 9. The van der Waals surface area contributed by atoms with Crippen molar-refractivity contribution in [2.24, 2.45) is 0 Å². The Morgan fingerprint density at radius 1 is 1.24 bits per heavy atom. The number of nitrogens with one attached hydrogen (secondary N) is 2. The minimum Gasteiger partial charge on any atom is -0.370 e. The van der Waals surface area contributed by atoms with Crippen LogP contribution in [0, 0.1) is 6.07 Å². The number of thioether (sulfide) groups is 1. The van der Waals surface area contributed by atoms with Gasteiger partial charge in [0.2, 0.25) is 0 Å². The lowest BCUT2D eigenvalue weighted by Gasteiger charge is -2.10. The van der Waals surface area contributed by atoms with E-state index in [0.29, 0.717) is 0 Å². The van der Waals surface area contributed by atoms with Crippen LogP contribution in [0.3, 0.4) is 0 Å². The average Bonchev–Trinajstić information content (AvgIpc) is 2.53. The van der Waals surface area contributed by atoms with Gasteiger partial charge in [-0.1, -0.05) is 19.1 Å². The van der Waals surface area contributed by atoms with Gasteiger partial charge in [0, 0.05) is 17.2 Å². The van der Waals surface area contributed by atoms with Crippen molar-refractivity contribution < 1.29 is 0 Å². The standard InChI is InChI=1S/C17H24N3S/c1-14(21-2)10-13-18-11-5-12-19-17-9-8-15-6-3-4-7-16(15)20-17/h3-4,7-9,14,18H,5,10-13H2,1-2H3,(H,19,20). The Bertz CT molecular complexity index is 544. The van der Waals surface area contributed by atoms with Crippen LogP contribution < -0.4 is 10.6 Å². The molecule has 0 amide bonds. The summed E-state index contributed by atoms with van der Waals surface area (Å²) in [6.45, 7) is 5.37. The van der Waals surface area contributed by atoms with Crippen LogP contribution in [0.2, 0.25) is 0 Å². The summed E-state index contributed by atoms with van der Waals surface area (Å²) in [6, 6.07) is 13.2. The molecule has 0 fully saturated rings. The van der Waals surface area contributed by atoms with E-state index in [2.05, 4.69) is 40.9 Å². The third-order valence-electron chi connectivity index (χ3n) is 3.48. The molecule has 1 aromatic heterocycles. The van der Waals surface area contributed by atoms with Crippen LogP contribution in [0.25, 0.3) is 10.9 Å². The Morgan fingerprint density at radius 3 is 3.00 bits per heavy atom. The van der Waals surface area contributed by atoms with E-state index >= 15 is 0 Å². The fraction of sp³-hybridized carbons (Fsp3) is 0.471. The topological polar surface area (TPSA) is 37.0 Å². The Hall–Kier alpha value is -1.26. The minimum atomic E-state index is 0.745. The molecule has 21 heavy (non-hydrogen) atoms. The van der Waals surface area contributed by atoms with Crippen molar-refractivity contribution in [2.45, 2.75) is 25.0 Å². The molecule has 1 radical (unpaired) electrons. The Labute approximate surface area is 131 Å². The molecule has 1 unspecified atom stereocenters. The summed E-state index contributed by atoms with van der Waals surface area (Å²) >= 11 is 1.93. The monoisotopic (exact) mass is 302 g/mol. The molecule has 0 spiro atoms. The van der Waals surface area contributed by atoms with Gasteiger partial charge in [-0.3, -0.25) is 0 Å². The minimum absolute atomic E-state index is 0.745. The van der Waals surface area contributed by atoms with Gasteiger partial charge in [-0.2, -0.15) is 11.8 Å². The predicted octanol–water partition coefficient (Wildman–Crippen LogP) is 3.57. The number of fused-ring (bicyclic) bond motifs is 1. The predicted molar refractivity (Wildman–Crippen MR) is 94.1 cm³/mol. The summed E-state index contributed by atoms with van der Waals surface area (Å²) in [5, 5.41) is 8.67. The third-order valence-corrected chi connectivity index (χ3v) is 4.52. The molecule has 0 saturated carbocycles. The first-order valence-electron chi connectivity index (χ1n) is 7.54. The second-order valence-electron chi connectivity index (χ2n) is 5.16. The Kier molecular flexibility index (Phi) is 6.83. The van der Waals surface area contributed by atoms with Gasteiger partial charge >= 0.3 is 0 Å². The van der Waals surface area contributed by atoms with Crippen LogP contribution >= 0.6 is 11.8 Å². The van der Waals surface area contributed by atoms with Crippen molar-refractivity contribution >= 4 is 28.5 Å². The lowest BCUT2D eigenvalue weighted by Crippen LogP contribution is -2.21. The second-order valence-corrected chi connectivity index (χ2v) is 6.44. The molecule has 1 aromatic carbocycles. The quantitative estimate of drug-likeness (QED) is 0.694. The van der Waals surface area contributed by atoms with Gasteiger partial charge in [-0.25, -0.2) is 4.98 Å². The fourth-order valence-electron chi connectivity index (χ4n) is 2.08. The lowest BCUT2D eigenvalue weighted by molar-refractivity contribution is 0.631. The Balaban J connectivity index is 1.64. The smallest absolute Gasteiger partial charge is 0.126 e. The van der Waals surface area contributed by atoms with Crippen LogP contribution in [0.4, 0.5) is 5.82 Å². The summed E-state index contributed by atoms with van der Waals surface area (Å²) < 4.78 is 0. The molecule has 1 heterocycles. The number of hydrogen-bond donors (Lipinski definition) is 2. The molecular formula is C17H24N3S. The molecule has 2 N–H and O–H groups in total. The highest BCUT2D eigenvalue weighted by Crippen LogP contribution is 2.13. The maximum atomic E-state index is 4.58. The number of aromatic nitrogens is 1. The summed E-state index contributed by atoms with van der Waals surface area (Å²) in [5.74, 6) is 0.943. The van der Waals surface area contributed by atoms with Crippen LogP contribution in [0.15, 0.2) is 30.3 Å². The van der Waals surface area contributed by atoms with E-state index in [1.165, 1.54) is 6.42 Å². The van der Waals surface area contributed by atoms with Crippen molar-refractivity contribution in [1.29, 1.82) is 0 Å². The first-order chi connectivity index (χ1) is 10.3. The van der Waals surface area contributed by atoms with Crippen LogP contribution in [-0.2, 0) is 0 Å². The van der Waals surface area contributed by atoms with E-state index < -0.39 is 0 Å². The molecule has 1 atom stereocenters. The van der Waals surface area contributed by atoms with Crippen molar-refractivity contribution in [1.82, 2.24) is 10.3 Å². The third kappa shape index (κ3) is 5.56. The zero-order valence-corrected chi connectivity index (χ0v) is 13.7. The highest BCUT2D eigenvalue weighted by atomic mass is 32.2. The van der Waals surface area contributed by atoms with E-state index in [4.69, 9.17) is 0 Å². The molecule has 3 nitrogen and oxygen atoms in total. The van der Waals surface area contributed by atoms with Gasteiger partial charge in [-0.05, 0) is 56.5 Å². The van der Waals surface area contributed by atoms with Gasteiger partial charge in [0.1, 0.15) is 5.82 Å². The normalized spacial score (nSPS) is 12.5. The van der Waals surface area contributed by atoms with Gasteiger partial charge in [-0.15, -0.1) is 0 Å². The van der Waals surface area contributed by atoms with Gasteiger partial charge in [0.05, 0.1) is 5.52 Å². The molecule has 0 saturated heterocycles. The molecule has 4 heteroatoms. The van der Waals surface area contributed by atoms with E-state index in [-0.39, 0.29) is 0 Å². The molecule has 113 valence electrons. The lowest BCUT2D eigenvalue weighted by atomic mass is 10.2. The molecule has 0 aliphatic carbocycles. The molecular weight excluding hydrogens is 278 g/mol. The van der Waals surface area contributed by atoms with Gasteiger partial charge in [0.15, 0.2) is 0 Å². The van der Waals surface area contributed by atoms with Crippen LogP contribution in [0.1, 0.15) is 19.8 Å². The van der Waals surface area contributed by atoms with Crippen LogP contribution in [0.5, 0.6) is 0 Å². The summed E-state index contributed by atoms with van der Waals surface area (Å²) in [6.07, 6.45) is 4.51. The first-order valence-corrected chi connectivity index (χ1v) is 8.83. The van der Waals surface area contributed by atoms with Crippen LogP contribution in [-0.4, -0.2) is 36.1 Å². The molecule has 2 aromatic rings. The van der Waals surface area contributed by atoms with Crippen molar-refractivity contribution in [3.63, 3.8) is 0 Å². The zero-order chi connectivity index (χ0) is 14.9. The van der Waals surface area contributed by atoms with Crippen molar-refractivity contribution in [2.75, 3.05) is 31.2 Å². The highest BCUT2D eigenvalue weighted by Gasteiger charge is 1.99. The maximum absolute atomic E-state index is 4.58.